The molecule has 1 atom stereocenters. The van der Waals surface area contributed by atoms with Crippen molar-refractivity contribution in [2.45, 2.75) is 18.9 Å². The molecular weight excluding hydrogens is 468 g/mol. The third-order valence-electron chi connectivity index (χ3n) is 5.71. The maximum atomic E-state index is 12.8. The van der Waals surface area contributed by atoms with Crippen molar-refractivity contribution in [2.24, 2.45) is 0 Å². The topological polar surface area (TPSA) is 121 Å². The standard InChI is InChI=1S/C29H26N4O4/c34-26(35)15-16-30-29(37)25(33-28(36)23-9-5-2-6-10-23)17-20-11-13-22(14-12-20)27-31-18-24(19-32-27)21-7-3-1-4-8-21/h1-14,18-19,25H,15-17H2,(H,30,37)(H,33,36)(H,34,35). The van der Waals surface area contributed by atoms with Gasteiger partial charge in [-0.3, -0.25) is 14.4 Å². The molecule has 0 spiro atoms. The highest BCUT2D eigenvalue weighted by atomic mass is 16.4. The lowest BCUT2D eigenvalue weighted by Crippen LogP contribution is -2.48. The van der Waals surface area contributed by atoms with Crippen LogP contribution in [0.25, 0.3) is 22.5 Å². The Bertz CT molecular complexity index is 1340. The highest BCUT2D eigenvalue weighted by Gasteiger charge is 2.22. The summed E-state index contributed by atoms with van der Waals surface area (Å²) in [5.74, 6) is -1.27. The van der Waals surface area contributed by atoms with E-state index in [0.717, 1.165) is 22.3 Å². The predicted molar refractivity (Wildman–Crippen MR) is 140 cm³/mol. The summed E-state index contributed by atoms with van der Waals surface area (Å²) in [7, 11) is 0. The van der Waals surface area contributed by atoms with E-state index in [-0.39, 0.29) is 25.3 Å². The van der Waals surface area contributed by atoms with Crippen LogP contribution in [0.3, 0.4) is 0 Å². The number of aliphatic carboxylic acids is 1. The fraction of sp³-hybridized carbons (Fsp3) is 0.138. The fourth-order valence-corrected chi connectivity index (χ4v) is 3.74. The molecule has 4 aromatic rings. The molecule has 0 aliphatic rings. The Labute approximate surface area is 214 Å². The van der Waals surface area contributed by atoms with Crippen molar-refractivity contribution in [1.82, 2.24) is 20.6 Å². The van der Waals surface area contributed by atoms with Crippen molar-refractivity contribution in [2.75, 3.05) is 6.54 Å². The molecule has 2 amide bonds. The smallest absolute Gasteiger partial charge is 0.305 e. The summed E-state index contributed by atoms with van der Waals surface area (Å²) >= 11 is 0. The number of carbonyl (C=O) groups excluding carboxylic acids is 2. The first kappa shape index (κ1) is 25.2. The van der Waals surface area contributed by atoms with E-state index >= 15 is 0 Å². The normalized spacial score (nSPS) is 11.4. The van der Waals surface area contributed by atoms with Crippen LogP contribution in [0.2, 0.25) is 0 Å². The minimum Gasteiger partial charge on any atom is -0.481 e. The molecule has 0 aliphatic carbocycles. The molecule has 1 heterocycles. The second kappa shape index (κ2) is 12.2. The summed E-state index contributed by atoms with van der Waals surface area (Å²) in [6, 6.07) is 25.0. The zero-order valence-corrected chi connectivity index (χ0v) is 20.0. The van der Waals surface area contributed by atoms with Gasteiger partial charge in [0.2, 0.25) is 5.91 Å². The molecule has 4 rings (SSSR count). The van der Waals surface area contributed by atoms with Gasteiger partial charge in [0.25, 0.3) is 5.91 Å². The van der Waals surface area contributed by atoms with Crippen LogP contribution in [-0.4, -0.2) is 45.4 Å². The van der Waals surface area contributed by atoms with E-state index in [2.05, 4.69) is 20.6 Å². The van der Waals surface area contributed by atoms with Crippen molar-refractivity contribution < 1.29 is 19.5 Å². The molecule has 1 aromatic heterocycles. The number of nitrogens with one attached hydrogen (secondary N) is 2. The van der Waals surface area contributed by atoms with Gasteiger partial charge in [0.05, 0.1) is 6.42 Å². The van der Waals surface area contributed by atoms with Gasteiger partial charge in [-0.15, -0.1) is 0 Å². The summed E-state index contributed by atoms with van der Waals surface area (Å²) in [4.78, 5) is 45.3. The van der Waals surface area contributed by atoms with Gasteiger partial charge < -0.3 is 15.7 Å². The third-order valence-corrected chi connectivity index (χ3v) is 5.71. The SMILES string of the molecule is O=C(O)CCNC(=O)C(Cc1ccc(-c2ncc(-c3ccccc3)cn2)cc1)NC(=O)c1ccccc1. The van der Waals surface area contributed by atoms with Crippen LogP contribution in [-0.2, 0) is 16.0 Å². The highest BCUT2D eigenvalue weighted by Crippen LogP contribution is 2.21. The van der Waals surface area contributed by atoms with Crippen molar-refractivity contribution in [1.29, 1.82) is 0 Å². The number of carboxylic acids is 1. The van der Waals surface area contributed by atoms with Crippen LogP contribution in [0.5, 0.6) is 0 Å². The zero-order valence-electron chi connectivity index (χ0n) is 20.0. The molecule has 37 heavy (non-hydrogen) atoms. The van der Waals surface area contributed by atoms with Gasteiger partial charge in [-0.25, -0.2) is 9.97 Å². The van der Waals surface area contributed by atoms with E-state index in [1.165, 1.54) is 0 Å². The van der Waals surface area contributed by atoms with E-state index in [1.54, 1.807) is 42.7 Å². The molecule has 0 aliphatic heterocycles. The summed E-state index contributed by atoms with van der Waals surface area (Å²) in [5.41, 5.74) is 4.02. The van der Waals surface area contributed by atoms with Crippen LogP contribution in [0.4, 0.5) is 0 Å². The van der Waals surface area contributed by atoms with Crippen LogP contribution < -0.4 is 10.6 Å². The van der Waals surface area contributed by atoms with Crippen molar-refractivity contribution in [3.8, 4) is 22.5 Å². The van der Waals surface area contributed by atoms with Gasteiger partial charge in [0.1, 0.15) is 6.04 Å². The molecule has 8 nitrogen and oxygen atoms in total. The molecule has 1 unspecified atom stereocenters. The van der Waals surface area contributed by atoms with Crippen LogP contribution >= 0.6 is 0 Å². The first-order chi connectivity index (χ1) is 18.0. The number of nitrogens with zero attached hydrogens (tertiary/aromatic N) is 2. The molecule has 0 bridgehead atoms. The lowest BCUT2D eigenvalue weighted by Gasteiger charge is -2.19. The van der Waals surface area contributed by atoms with E-state index < -0.39 is 17.9 Å². The van der Waals surface area contributed by atoms with E-state index in [0.29, 0.717) is 11.4 Å². The number of aromatic nitrogens is 2. The summed E-state index contributed by atoms with van der Waals surface area (Å²) in [5, 5.41) is 14.2. The third kappa shape index (κ3) is 7.08. The number of hydrogen-bond donors (Lipinski definition) is 3. The predicted octanol–water partition coefficient (Wildman–Crippen LogP) is 3.74. The fourth-order valence-electron chi connectivity index (χ4n) is 3.74. The molecular formula is C29H26N4O4. The summed E-state index contributed by atoms with van der Waals surface area (Å²) in [6.07, 6.45) is 3.58. The van der Waals surface area contributed by atoms with Crippen LogP contribution in [0, 0.1) is 0 Å². The van der Waals surface area contributed by atoms with Gasteiger partial charge in [0.15, 0.2) is 5.82 Å². The average molecular weight is 495 g/mol. The van der Waals surface area contributed by atoms with E-state index in [9.17, 15) is 14.4 Å². The maximum Gasteiger partial charge on any atom is 0.305 e. The number of hydrogen-bond acceptors (Lipinski definition) is 5. The number of amides is 2. The molecule has 0 saturated carbocycles. The Kier molecular flexibility index (Phi) is 8.33. The summed E-state index contributed by atoms with van der Waals surface area (Å²) in [6.45, 7) is -0.0267. The molecule has 3 N–H and O–H groups in total. The van der Waals surface area contributed by atoms with Crippen molar-refractivity contribution in [3.63, 3.8) is 0 Å². The first-order valence-electron chi connectivity index (χ1n) is 11.8. The molecule has 0 saturated heterocycles. The summed E-state index contributed by atoms with van der Waals surface area (Å²) < 4.78 is 0. The Hall–Kier alpha value is -4.85. The second-order valence-electron chi connectivity index (χ2n) is 8.39. The monoisotopic (exact) mass is 494 g/mol. The quantitative estimate of drug-likeness (QED) is 0.309. The largest absolute Gasteiger partial charge is 0.481 e. The lowest BCUT2D eigenvalue weighted by atomic mass is 10.0. The van der Waals surface area contributed by atoms with Gasteiger partial charge >= 0.3 is 5.97 Å². The molecule has 3 aromatic carbocycles. The number of carbonyl (C=O) groups is 3. The van der Waals surface area contributed by atoms with Gasteiger partial charge in [-0.1, -0.05) is 72.8 Å². The Morgan fingerprint density at radius 1 is 0.757 bits per heavy atom. The van der Waals surface area contributed by atoms with Crippen molar-refractivity contribution >= 4 is 17.8 Å². The molecule has 0 fully saturated rings. The van der Waals surface area contributed by atoms with E-state index in [4.69, 9.17) is 5.11 Å². The minimum absolute atomic E-state index is 0.0267. The lowest BCUT2D eigenvalue weighted by molar-refractivity contribution is -0.137. The average Bonchev–Trinajstić information content (AvgIpc) is 2.94. The Balaban J connectivity index is 1.46. The Morgan fingerprint density at radius 3 is 2.00 bits per heavy atom. The number of carboxylic acid groups (broad SMARTS) is 1. The van der Waals surface area contributed by atoms with Crippen LogP contribution in [0.15, 0.2) is 97.3 Å². The molecule has 8 heteroatoms. The van der Waals surface area contributed by atoms with Gasteiger partial charge in [-0.2, -0.15) is 0 Å². The second-order valence-corrected chi connectivity index (χ2v) is 8.39. The van der Waals surface area contributed by atoms with Crippen molar-refractivity contribution in [3.05, 3.63) is 108 Å². The Morgan fingerprint density at radius 2 is 1.38 bits per heavy atom. The molecule has 0 radical (unpaired) electrons. The van der Waals surface area contributed by atoms with Gasteiger partial charge in [0, 0.05) is 42.0 Å². The zero-order chi connectivity index (χ0) is 26.0. The van der Waals surface area contributed by atoms with E-state index in [1.807, 2.05) is 54.6 Å². The first-order valence-corrected chi connectivity index (χ1v) is 11.8. The highest BCUT2D eigenvalue weighted by molar-refractivity contribution is 5.97. The maximum absolute atomic E-state index is 12.8. The number of rotatable bonds is 10. The van der Waals surface area contributed by atoms with Crippen LogP contribution in [0.1, 0.15) is 22.3 Å². The van der Waals surface area contributed by atoms with Gasteiger partial charge in [-0.05, 0) is 23.3 Å². The minimum atomic E-state index is -1.01. The number of benzene rings is 3. The molecule has 186 valence electrons.